The van der Waals surface area contributed by atoms with Crippen molar-refractivity contribution in [1.29, 1.82) is 0 Å². The van der Waals surface area contributed by atoms with Gasteiger partial charge in [0.05, 0.1) is 42.4 Å². The molecule has 1 fully saturated rings. The SMILES string of the molecule is COc1cc(N2CCOCC2)c(-c2cnn(C)c2)cc1Nc1ncc(Br)c(-n2cc(CN(C)C)c(-c3ccccc3)n2)n1. The van der Waals surface area contributed by atoms with Gasteiger partial charge >= 0.3 is 0 Å². The predicted octanol–water partition coefficient (Wildman–Crippen LogP) is 5.14. The van der Waals surface area contributed by atoms with E-state index in [1.54, 1.807) is 22.7 Å². The fraction of sp³-hybridized carbons (Fsp3) is 0.290. The van der Waals surface area contributed by atoms with Crippen molar-refractivity contribution in [3.05, 3.63) is 77.3 Å². The average molecular weight is 645 g/mol. The highest BCUT2D eigenvalue weighted by molar-refractivity contribution is 9.10. The molecule has 3 aromatic heterocycles. The van der Waals surface area contributed by atoms with Gasteiger partial charge in [0.2, 0.25) is 5.95 Å². The van der Waals surface area contributed by atoms with Crippen LogP contribution in [-0.4, -0.2) is 81.9 Å². The van der Waals surface area contributed by atoms with Crippen LogP contribution >= 0.6 is 15.9 Å². The molecule has 0 radical (unpaired) electrons. The second-order valence-corrected chi connectivity index (χ2v) is 11.5. The van der Waals surface area contributed by atoms with E-state index < -0.39 is 0 Å². The first-order chi connectivity index (χ1) is 20.9. The number of hydrogen-bond donors (Lipinski definition) is 1. The summed E-state index contributed by atoms with van der Waals surface area (Å²) in [5.74, 6) is 1.72. The van der Waals surface area contributed by atoms with Gasteiger partial charge in [-0.3, -0.25) is 4.68 Å². The molecular formula is C31H34BrN9O2. The van der Waals surface area contributed by atoms with Gasteiger partial charge in [-0.25, -0.2) is 9.67 Å². The molecule has 43 heavy (non-hydrogen) atoms. The third kappa shape index (κ3) is 6.26. The maximum absolute atomic E-state index is 5.86. The quantitative estimate of drug-likeness (QED) is 0.234. The molecular weight excluding hydrogens is 610 g/mol. The Morgan fingerprint density at radius 2 is 1.84 bits per heavy atom. The van der Waals surface area contributed by atoms with Crippen molar-refractivity contribution in [2.45, 2.75) is 6.54 Å². The molecule has 1 saturated heterocycles. The zero-order valence-corrected chi connectivity index (χ0v) is 26.2. The highest BCUT2D eigenvalue weighted by Gasteiger charge is 2.21. The molecule has 1 N–H and O–H groups in total. The molecule has 0 saturated carbocycles. The summed E-state index contributed by atoms with van der Waals surface area (Å²) < 4.78 is 15.8. The number of nitrogens with one attached hydrogen (secondary N) is 1. The largest absolute Gasteiger partial charge is 0.494 e. The summed E-state index contributed by atoms with van der Waals surface area (Å²) in [5.41, 5.74) is 6.90. The van der Waals surface area contributed by atoms with E-state index in [0.29, 0.717) is 30.7 Å². The van der Waals surface area contributed by atoms with Gasteiger partial charge < -0.3 is 24.6 Å². The number of anilines is 3. The van der Waals surface area contributed by atoms with Gasteiger partial charge in [0.25, 0.3) is 0 Å². The Labute approximate surface area is 259 Å². The van der Waals surface area contributed by atoms with Crippen LogP contribution in [0.25, 0.3) is 28.2 Å². The number of rotatable bonds is 9. The second-order valence-electron chi connectivity index (χ2n) is 10.6. The number of hydrogen-bond acceptors (Lipinski definition) is 9. The summed E-state index contributed by atoms with van der Waals surface area (Å²) in [4.78, 5) is 13.9. The number of benzene rings is 2. The van der Waals surface area contributed by atoms with E-state index in [9.17, 15) is 0 Å². The summed E-state index contributed by atoms with van der Waals surface area (Å²) in [6.07, 6.45) is 7.64. The van der Waals surface area contributed by atoms with Crippen molar-refractivity contribution < 1.29 is 9.47 Å². The third-order valence-corrected chi connectivity index (χ3v) is 7.76. The van der Waals surface area contributed by atoms with E-state index in [1.165, 1.54) is 0 Å². The average Bonchev–Trinajstić information content (AvgIpc) is 3.64. The Hall–Kier alpha value is -4.26. The number of nitrogens with zero attached hydrogens (tertiary/aromatic N) is 8. The molecule has 0 aliphatic carbocycles. The molecule has 0 atom stereocenters. The number of ether oxygens (including phenoxy) is 2. The lowest BCUT2D eigenvalue weighted by Gasteiger charge is -2.31. The lowest BCUT2D eigenvalue weighted by molar-refractivity contribution is 0.122. The van der Waals surface area contributed by atoms with E-state index in [0.717, 1.165) is 63.4 Å². The van der Waals surface area contributed by atoms with Crippen molar-refractivity contribution in [1.82, 2.24) is 34.4 Å². The van der Waals surface area contributed by atoms with Crippen LogP contribution in [0.4, 0.5) is 17.3 Å². The van der Waals surface area contributed by atoms with Gasteiger partial charge in [0, 0.05) is 79.3 Å². The first kappa shape index (κ1) is 28.8. The van der Waals surface area contributed by atoms with E-state index in [1.807, 2.05) is 57.9 Å². The Morgan fingerprint density at radius 3 is 2.53 bits per heavy atom. The van der Waals surface area contributed by atoms with Crippen LogP contribution in [0.15, 0.2) is 71.7 Å². The Morgan fingerprint density at radius 1 is 1.05 bits per heavy atom. The van der Waals surface area contributed by atoms with Crippen LogP contribution in [0.1, 0.15) is 5.56 Å². The Kier molecular flexibility index (Phi) is 8.41. The summed E-state index contributed by atoms with van der Waals surface area (Å²) in [5, 5.41) is 12.8. The molecule has 0 amide bonds. The number of methoxy groups -OCH3 is 1. The third-order valence-electron chi connectivity index (χ3n) is 7.20. The van der Waals surface area contributed by atoms with Crippen LogP contribution in [0, 0.1) is 0 Å². The predicted molar refractivity (Wildman–Crippen MR) is 171 cm³/mol. The maximum atomic E-state index is 5.86. The van der Waals surface area contributed by atoms with Crippen molar-refractivity contribution >= 4 is 33.3 Å². The van der Waals surface area contributed by atoms with Gasteiger partial charge in [-0.1, -0.05) is 30.3 Å². The second kappa shape index (κ2) is 12.5. The Balaban J connectivity index is 1.39. The topological polar surface area (TPSA) is 98.4 Å². The van der Waals surface area contributed by atoms with Gasteiger partial charge in [-0.2, -0.15) is 15.2 Å². The first-order valence-corrected chi connectivity index (χ1v) is 14.8. The standard InChI is InChI=1S/C31H34BrN9O2/c1-38(2)18-23-20-41(37-29(23)21-8-6-5-7-9-21)30-25(32)17-33-31(36-30)35-26-14-24(22-16-34-39(3)19-22)27(15-28(26)42-4)40-10-12-43-13-11-40/h5-9,14-17,19-20H,10-13,18H2,1-4H3,(H,33,35,36). The minimum absolute atomic E-state index is 0.415. The highest BCUT2D eigenvalue weighted by atomic mass is 79.9. The minimum atomic E-state index is 0.415. The smallest absolute Gasteiger partial charge is 0.229 e. The zero-order valence-electron chi connectivity index (χ0n) is 24.7. The number of aryl methyl sites for hydroxylation is 1. The molecule has 6 rings (SSSR count). The van der Waals surface area contributed by atoms with Crippen LogP contribution in [0.2, 0.25) is 0 Å². The molecule has 0 spiro atoms. The van der Waals surface area contributed by atoms with Crippen LogP contribution in [0.3, 0.4) is 0 Å². The van der Waals surface area contributed by atoms with Crippen molar-refractivity contribution in [3.63, 3.8) is 0 Å². The van der Waals surface area contributed by atoms with Crippen molar-refractivity contribution in [3.8, 4) is 34.0 Å². The molecule has 12 heteroatoms. The molecule has 5 aromatic rings. The summed E-state index contributed by atoms with van der Waals surface area (Å²) in [6.45, 7) is 3.70. The molecule has 4 heterocycles. The molecule has 11 nitrogen and oxygen atoms in total. The highest BCUT2D eigenvalue weighted by Crippen LogP contribution is 2.40. The van der Waals surface area contributed by atoms with Crippen LogP contribution < -0.4 is 15.0 Å². The number of aromatic nitrogens is 6. The fourth-order valence-electron chi connectivity index (χ4n) is 5.21. The van der Waals surface area contributed by atoms with Crippen molar-refractivity contribution in [2.75, 3.05) is 57.7 Å². The van der Waals surface area contributed by atoms with E-state index in [4.69, 9.17) is 19.6 Å². The van der Waals surface area contributed by atoms with Gasteiger partial charge in [0.1, 0.15) is 5.75 Å². The molecule has 1 aliphatic rings. The molecule has 222 valence electrons. The van der Waals surface area contributed by atoms with Gasteiger partial charge in [-0.15, -0.1) is 0 Å². The van der Waals surface area contributed by atoms with Gasteiger partial charge in [0.15, 0.2) is 5.82 Å². The van der Waals surface area contributed by atoms with E-state index >= 15 is 0 Å². The molecule has 0 bridgehead atoms. The molecule has 1 aliphatic heterocycles. The normalized spacial score (nSPS) is 13.5. The molecule has 2 aromatic carbocycles. The monoisotopic (exact) mass is 643 g/mol. The summed E-state index contributed by atoms with van der Waals surface area (Å²) in [6, 6.07) is 14.3. The Bertz CT molecular complexity index is 1710. The lowest BCUT2D eigenvalue weighted by atomic mass is 10.0. The number of morpholine rings is 1. The molecule has 0 unspecified atom stereocenters. The maximum Gasteiger partial charge on any atom is 0.229 e. The lowest BCUT2D eigenvalue weighted by Crippen LogP contribution is -2.36. The first-order valence-electron chi connectivity index (χ1n) is 14.0. The van der Waals surface area contributed by atoms with E-state index in [-0.39, 0.29) is 0 Å². The fourth-order valence-corrected chi connectivity index (χ4v) is 5.58. The summed E-state index contributed by atoms with van der Waals surface area (Å²) in [7, 11) is 7.68. The van der Waals surface area contributed by atoms with Crippen molar-refractivity contribution in [2.24, 2.45) is 7.05 Å². The van der Waals surface area contributed by atoms with Crippen LogP contribution in [-0.2, 0) is 18.3 Å². The van der Waals surface area contributed by atoms with Crippen LogP contribution in [0.5, 0.6) is 5.75 Å². The van der Waals surface area contributed by atoms with Gasteiger partial charge in [-0.05, 0) is 36.1 Å². The minimum Gasteiger partial charge on any atom is -0.494 e. The van der Waals surface area contributed by atoms with E-state index in [2.05, 4.69) is 65.4 Å². The summed E-state index contributed by atoms with van der Waals surface area (Å²) >= 11 is 3.65. The zero-order chi connectivity index (χ0) is 29.9. The number of halogens is 1.